The molecule has 96 valence electrons. The molecule has 0 aliphatic heterocycles. The van der Waals surface area contributed by atoms with E-state index in [0.717, 1.165) is 0 Å². The predicted octanol–water partition coefficient (Wildman–Crippen LogP) is -0.375. The molecule has 0 N–H and O–H groups in total. The molecule has 0 aliphatic rings. The third-order valence-corrected chi connectivity index (χ3v) is 2.96. The predicted molar refractivity (Wildman–Crippen MR) is 70.7 cm³/mol. The summed E-state index contributed by atoms with van der Waals surface area (Å²) >= 11 is 9.27. The van der Waals surface area contributed by atoms with E-state index in [1.54, 1.807) is 16.9 Å². The van der Waals surface area contributed by atoms with Crippen molar-refractivity contribution in [3.63, 3.8) is 0 Å². The molecule has 0 aliphatic carbocycles. The molecule has 0 saturated heterocycles. The van der Waals surface area contributed by atoms with Gasteiger partial charge in [-0.15, -0.1) is 11.8 Å². The van der Waals surface area contributed by atoms with E-state index in [0.29, 0.717) is 5.75 Å². The van der Waals surface area contributed by atoms with Gasteiger partial charge >= 0.3 is 0 Å². The van der Waals surface area contributed by atoms with Crippen LogP contribution < -0.4 is 10.2 Å². The Hall–Kier alpha value is -0.530. The molecule has 0 atom stereocenters. The Kier molecular flexibility index (Phi) is 8.28. The maximum Gasteiger partial charge on any atom is 0.0431 e. The zero-order valence-corrected chi connectivity index (χ0v) is 11.5. The minimum absolute atomic E-state index is 0.489. The number of thiol groups is 2. The first-order chi connectivity index (χ1) is 7.89. The van der Waals surface area contributed by atoms with Gasteiger partial charge in [0.2, 0.25) is 0 Å². The minimum atomic E-state index is -1.36. The zero-order chi connectivity index (χ0) is 13.3. The Bertz CT molecular complexity index is 310. The van der Waals surface area contributed by atoms with Gasteiger partial charge < -0.3 is 19.8 Å². The number of hydrogen-bond donors (Lipinski definition) is 2. The third kappa shape index (κ3) is 9.20. The van der Waals surface area contributed by atoms with Gasteiger partial charge in [0.05, 0.1) is 0 Å². The second kappa shape index (κ2) is 8.54. The molecule has 0 unspecified atom stereocenters. The van der Waals surface area contributed by atoms with E-state index in [4.69, 9.17) is 0 Å². The van der Waals surface area contributed by atoms with Crippen molar-refractivity contribution in [1.82, 2.24) is 0 Å². The lowest BCUT2D eigenvalue weighted by Gasteiger charge is -2.25. The van der Waals surface area contributed by atoms with Crippen LogP contribution in [0.4, 0.5) is 0 Å². The molecule has 0 fully saturated rings. The van der Waals surface area contributed by atoms with Crippen LogP contribution in [-0.4, -0.2) is 22.4 Å². The van der Waals surface area contributed by atoms with Gasteiger partial charge in [0.15, 0.2) is 0 Å². The summed E-state index contributed by atoms with van der Waals surface area (Å²) in [6.45, 7) is 0. The number of carboxylic acid groups (broad SMARTS) is 2. The molecule has 0 radical (unpaired) electrons. The van der Waals surface area contributed by atoms with Crippen molar-refractivity contribution in [2.75, 3.05) is 5.75 Å². The molecule has 0 aromatic heterocycles. The van der Waals surface area contributed by atoms with E-state index in [2.05, 4.69) is 25.3 Å². The molecule has 0 saturated carbocycles. The quantitative estimate of drug-likeness (QED) is 0.596. The standard InChI is InChI=1S/C10H14O4S3/c11-8(12)6-10(16,7-9(13)14)2-5-17-4-1-3-15/h1-2,4-5,15-16H,3,6-7H2,(H,11,12)(H,13,14)/p-2/b4-1+,5-2+. The van der Waals surface area contributed by atoms with Crippen molar-refractivity contribution in [2.45, 2.75) is 17.6 Å². The minimum Gasteiger partial charge on any atom is -0.550 e. The summed E-state index contributed by atoms with van der Waals surface area (Å²) in [6.07, 6.45) is 2.22. The summed E-state index contributed by atoms with van der Waals surface area (Å²) in [4.78, 5) is 21.0. The second-order valence-corrected chi connectivity index (χ2v) is 5.27. The summed E-state index contributed by atoms with van der Waals surface area (Å²) in [6, 6.07) is 0. The number of carbonyl (C=O) groups excluding carboxylic acids is 2. The highest BCUT2D eigenvalue weighted by molar-refractivity contribution is 8.04. The van der Waals surface area contributed by atoms with Crippen LogP contribution in [0.15, 0.2) is 23.0 Å². The van der Waals surface area contributed by atoms with Crippen molar-refractivity contribution in [3.05, 3.63) is 23.0 Å². The van der Waals surface area contributed by atoms with Gasteiger partial charge in [0.1, 0.15) is 0 Å². The molecule has 0 aromatic rings. The van der Waals surface area contributed by atoms with Gasteiger partial charge in [-0.1, -0.05) is 12.2 Å². The van der Waals surface area contributed by atoms with Crippen LogP contribution in [-0.2, 0) is 9.59 Å². The van der Waals surface area contributed by atoms with Gasteiger partial charge in [-0.05, 0) is 10.8 Å². The first-order valence-corrected chi connectivity index (χ1v) is 6.63. The largest absolute Gasteiger partial charge is 0.550 e. The number of aliphatic carboxylic acids is 2. The van der Waals surface area contributed by atoms with Crippen molar-refractivity contribution >= 4 is 49.0 Å². The fraction of sp³-hybridized carbons (Fsp3) is 0.400. The number of rotatable bonds is 8. The Morgan fingerprint density at radius 2 is 1.71 bits per heavy atom. The van der Waals surface area contributed by atoms with Gasteiger partial charge in [-0.25, -0.2) is 0 Å². The molecular weight excluding hydrogens is 280 g/mol. The van der Waals surface area contributed by atoms with Crippen LogP contribution in [0.25, 0.3) is 0 Å². The van der Waals surface area contributed by atoms with Crippen LogP contribution >= 0.6 is 37.0 Å². The lowest BCUT2D eigenvalue weighted by atomic mass is 10.0. The summed E-state index contributed by atoms with van der Waals surface area (Å²) in [7, 11) is 0. The maximum atomic E-state index is 10.5. The van der Waals surface area contributed by atoms with E-state index in [9.17, 15) is 19.8 Å². The highest BCUT2D eigenvalue weighted by Gasteiger charge is 2.22. The Morgan fingerprint density at radius 3 is 2.12 bits per heavy atom. The van der Waals surface area contributed by atoms with Crippen LogP contribution in [0.2, 0.25) is 0 Å². The molecule has 0 spiro atoms. The second-order valence-electron chi connectivity index (χ2n) is 3.19. The average molecular weight is 292 g/mol. The van der Waals surface area contributed by atoms with Crippen LogP contribution in [0.3, 0.4) is 0 Å². The number of carbonyl (C=O) groups is 2. The molecule has 7 heteroatoms. The zero-order valence-electron chi connectivity index (χ0n) is 8.87. The molecule has 0 rings (SSSR count). The summed E-state index contributed by atoms with van der Waals surface area (Å²) in [5, 5.41) is 24.3. The fourth-order valence-corrected chi connectivity index (χ4v) is 2.31. The van der Waals surface area contributed by atoms with Crippen molar-refractivity contribution in [3.8, 4) is 0 Å². The third-order valence-electron chi connectivity index (χ3n) is 1.64. The highest BCUT2D eigenvalue weighted by atomic mass is 32.2. The molecule has 0 amide bonds. The topological polar surface area (TPSA) is 80.3 Å². The monoisotopic (exact) mass is 292 g/mol. The lowest BCUT2D eigenvalue weighted by Crippen LogP contribution is -2.37. The van der Waals surface area contributed by atoms with Crippen molar-refractivity contribution in [1.29, 1.82) is 0 Å². The number of thioether (sulfide) groups is 1. The average Bonchev–Trinajstić information content (AvgIpc) is 2.14. The first-order valence-electron chi connectivity index (χ1n) is 4.61. The van der Waals surface area contributed by atoms with Crippen LogP contribution in [0.5, 0.6) is 0 Å². The van der Waals surface area contributed by atoms with Crippen molar-refractivity contribution < 1.29 is 19.8 Å². The molecule has 0 aromatic carbocycles. The van der Waals surface area contributed by atoms with E-state index in [1.165, 1.54) is 17.8 Å². The number of carboxylic acids is 2. The Balaban J connectivity index is 4.51. The van der Waals surface area contributed by atoms with Crippen LogP contribution in [0, 0.1) is 0 Å². The molecular formula is C10H12O4S3-2. The van der Waals surface area contributed by atoms with E-state index in [-0.39, 0.29) is 0 Å². The van der Waals surface area contributed by atoms with E-state index < -0.39 is 29.5 Å². The first kappa shape index (κ1) is 16.5. The maximum absolute atomic E-state index is 10.5. The van der Waals surface area contributed by atoms with Crippen molar-refractivity contribution in [2.24, 2.45) is 0 Å². The normalized spacial score (nSPS) is 12.4. The van der Waals surface area contributed by atoms with Gasteiger partial charge in [0.25, 0.3) is 0 Å². The Morgan fingerprint density at radius 1 is 1.18 bits per heavy atom. The van der Waals surface area contributed by atoms with Gasteiger partial charge in [-0.3, -0.25) is 0 Å². The summed E-state index contributed by atoms with van der Waals surface area (Å²) in [5.74, 6) is -2.13. The fourth-order valence-electron chi connectivity index (χ4n) is 0.990. The SMILES string of the molecule is O=C([O-])CC(S)(/C=C/S/C=C/CS)CC(=O)[O-]. The van der Waals surface area contributed by atoms with E-state index in [1.807, 2.05) is 0 Å². The Labute approximate surface area is 115 Å². The molecule has 17 heavy (non-hydrogen) atoms. The molecule has 0 bridgehead atoms. The number of hydrogen-bond acceptors (Lipinski definition) is 7. The lowest BCUT2D eigenvalue weighted by molar-refractivity contribution is -0.308. The highest BCUT2D eigenvalue weighted by Crippen LogP contribution is 2.26. The van der Waals surface area contributed by atoms with Gasteiger partial charge in [0, 0.05) is 35.3 Å². The van der Waals surface area contributed by atoms with Crippen LogP contribution in [0.1, 0.15) is 12.8 Å². The summed E-state index contributed by atoms with van der Waals surface area (Å²) < 4.78 is -1.29. The van der Waals surface area contributed by atoms with Gasteiger partial charge in [-0.2, -0.15) is 25.3 Å². The molecule has 0 heterocycles. The smallest absolute Gasteiger partial charge is 0.0431 e. The summed E-state index contributed by atoms with van der Waals surface area (Å²) in [5.41, 5.74) is 0. The van der Waals surface area contributed by atoms with E-state index >= 15 is 0 Å². The molecule has 4 nitrogen and oxygen atoms in total.